The molecule has 2 atom stereocenters. The SMILES string of the molecule is CCC(N)Cc1cc(F)c(OC(C)C#N)c(F)c1. The molecule has 0 aliphatic heterocycles. The van der Waals surface area contributed by atoms with E-state index in [1.54, 1.807) is 6.07 Å². The minimum atomic E-state index is -0.905. The summed E-state index contributed by atoms with van der Waals surface area (Å²) in [6.07, 6.45) is 0.225. The molecule has 0 spiro atoms. The van der Waals surface area contributed by atoms with Crippen molar-refractivity contribution in [1.29, 1.82) is 5.26 Å². The van der Waals surface area contributed by atoms with Crippen molar-refractivity contribution < 1.29 is 13.5 Å². The van der Waals surface area contributed by atoms with Crippen LogP contribution in [0.4, 0.5) is 8.78 Å². The maximum atomic E-state index is 13.6. The molecule has 98 valence electrons. The molecular formula is C13H16F2N2O. The summed E-state index contributed by atoms with van der Waals surface area (Å²) < 4.78 is 32.2. The van der Waals surface area contributed by atoms with Gasteiger partial charge in [0.05, 0.1) is 0 Å². The average molecular weight is 254 g/mol. The van der Waals surface area contributed by atoms with Gasteiger partial charge in [-0.3, -0.25) is 0 Å². The molecule has 1 aromatic rings. The van der Waals surface area contributed by atoms with E-state index in [0.717, 1.165) is 6.42 Å². The van der Waals surface area contributed by atoms with Gasteiger partial charge in [-0.2, -0.15) is 5.26 Å². The second-order valence-electron chi connectivity index (χ2n) is 4.15. The number of rotatable bonds is 5. The zero-order valence-electron chi connectivity index (χ0n) is 10.4. The first-order chi connectivity index (χ1) is 8.47. The van der Waals surface area contributed by atoms with Crippen LogP contribution >= 0.6 is 0 Å². The van der Waals surface area contributed by atoms with E-state index in [0.29, 0.717) is 12.0 Å². The van der Waals surface area contributed by atoms with Crippen LogP contribution in [0, 0.1) is 23.0 Å². The molecule has 0 bridgehead atoms. The molecule has 0 aliphatic carbocycles. The zero-order chi connectivity index (χ0) is 13.7. The van der Waals surface area contributed by atoms with Crippen LogP contribution in [0.15, 0.2) is 12.1 Å². The molecule has 0 amide bonds. The lowest BCUT2D eigenvalue weighted by molar-refractivity contribution is 0.249. The standard InChI is InChI=1S/C13H16F2N2O/c1-3-10(17)4-9-5-11(14)13(12(15)6-9)18-8(2)7-16/h5-6,8,10H,3-4,17H2,1-2H3. The smallest absolute Gasteiger partial charge is 0.192 e. The van der Waals surface area contributed by atoms with E-state index in [9.17, 15) is 8.78 Å². The Balaban J connectivity index is 2.94. The molecule has 18 heavy (non-hydrogen) atoms. The van der Waals surface area contributed by atoms with E-state index in [1.165, 1.54) is 19.1 Å². The maximum absolute atomic E-state index is 13.6. The van der Waals surface area contributed by atoms with Crippen molar-refractivity contribution in [3.8, 4) is 11.8 Å². The van der Waals surface area contributed by atoms with Gasteiger partial charge in [0.25, 0.3) is 0 Å². The van der Waals surface area contributed by atoms with Gasteiger partial charge < -0.3 is 10.5 Å². The molecule has 2 unspecified atom stereocenters. The zero-order valence-corrected chi connectivity index (χ0v) is 10.4. The number of nitrogens with two attached hydrogens (primary N) is 1. The number of hydrogen-bond donors (Lipinski definition) is 1. The highest BCUT2D eigenvalue weighted by atomic mass is 19.1. The van der Waals surface area contributed by atoms with Crippen molar-refractivity contribution in [2.75, 3.05) is 0 Å². The van der Waals surface area contributed by atoms with Crippen molar-refractivity contribution >= 4 is 0 Å². The Kier molecular flexibility index (Phi) is 5.05. The minimum Gasteiger partial charge on any atom is -0.470 e. The fraction of sp³-hybridized carbons (Fsp3) is 0.462. The Morgan fingerprint density at radius 1 is 1.39 bits per heavy atom. The number of ether oxygens (including phenoxy) is 1. The predicted octanol–water partition coefficient (Wildman–Crippen LogP) is 2.54. The molecular weight excluding hydrogens is 238 g/mol. The quantitative estimate of drug-likeness (QED) is 0.878. The van der Waals surface area contributed by atoms with Gasteiger partial charge in [-0.15, -0.1) is 0 Å². The largest absolute Gasteiger partial charge is 0.470 e. The van der Waals surface area contributed by atoms with Crippen LogP contribution in [0.2, 0.25) is 0 Å². The summed E-state index contributed by atoms with van der Waals surface area (Å²) in [7, 11) is 0. The normalized spacial score (nSPS) is 13.8. The summed E-state index contributed by atoms with van der Waals surface area (Å²) in [6.45, 7) is 3.32. The van der Waals surface area contributed by atoms with Crippen molar-refractivity contribution in [3.63, 3.8) is 0 Å². The molecule has 0 saturated carbocycles. The van der Waals surface area contributed by atoms with Crippen molar-refractivity contribution in [2.45, 2.75) is 38.8 Å². The van der Waals surface area contributed by atoms with E-state index in [4.69, 9.17) is 15.7 Å². The average Bonchev–Trinajstić information content (AvgIpc) is 2.33. The lowest BCUT2D eigenvalue weighted by atomic mass is 10.0. The van der Waals surface area contributed by atoms with Gasteiger partial charge >= 0.3 is 0 Å². The Morgan fingerprint density at radius 3 is 2.39 bits per heavy atom. The van der Waals surface area contributed by atoms with Crippen LogP contribution in [-0.4, -0.2) is 12.1 Å². The lowest BCUT2D eigenvalue weighted by Gasteiger charge is -2.13. The summed E-state index contributed by atoms with van der Waals surface area (Å²) in [5.74, 6) is -2.14. The van der Waals surface area contributed by atoms with Crippen molar-refractivity contribution in [1.82, 2.24) is 0 Å². The third-order valence-corrected chi connectivity index (χ3v) is 2.56. The maximum Gasteiger partial charge on any atom is 0.192 e. The van der Waals surface area contributed by atoms with Crippen molar-refractivity contribution in [3.05, 3.63) is 29.3 Å². The molecule has 2 N–H and O–H groups in total. The van der Waals surface area contributed by atoms with Gasteiger partial charge in [0, 0.05) is 6.04 Å². The summed E-state index contributed by atoms with van der Waals surface area (Å²) in [6, 6.07) is 4.00. The Labute approximate surface area is 105 Å². The Hall–Kier alpha value is -1.67. The highest BCUT2D eigenvalue weighted by molar-refractivity contribution is 5.32. The molecule has 0 heterocycles. The first-order valence-electron chi connectivity index (χ1n) is 5.77. The van der Waals surface area contributed by atoms with Gasteiger partial charge in [0.2, 0.25) is 0 Å². The number of hydrogen-bond acceptors (Lipinski definition) is 3. The molecule has 0 aromatic heterocycles. The van der Waals surface area contributed by atoms with Gasteiger partial charge in [0.15, 0.2) is 23.5 Å². The van der Waals surface area contributed by atoms with E-state index >= 15 is 0 Å². The first-order valence-corrected chi connectivity index (χ1v) is 5.77. The van der Waals surface area contributed by atoms with Gasteiger partial charge in [-0.05, 0) is 37.5 Å². The summed E-state index contributed by atoms with van der Waals surface area (Å²) >= 11 is 0. The fourth-order valence-corrected chi connectivity index (χ4v) is 1.49. The van der Waals surface area contributed by atoms with Crippen LogP contribution in [-0.2, 0) is 6.42 Å². The summed E-state index contributed by atoms with van der Waals surface area (Å²) in [4.78, 5) is 0. The molecule has 3 nitrogen and oxygen atoms in total. The Bertz CT molecular complexity index is 434. The van der Waals surface area contributed by atoms with Crippen LogP contribution in [0.25, 0.3) is 0 Å². The highest BCUT2D eigenvalue weighted by Crippen LogP contribution is 2.25. The summed E-state index contributed by atoms with van der Waals surface area (Å²) in [5, 5.41) is 8.55. The third kappa shape index (κ3) is 3.67. The molecule has 1 rings (SSSR count). The van der Waals surface area contributed by atoms with Crippen LogP contribution in [0.1, 0.15) is 25.8 Å². The van der Waals surface area contributed by atoms with E-state index in [1.807, 2.05) is 6.92 Å². The van der Waals surface area contributed by atoms with Crippen molar-refractivity contribution in [2.24, 2.45) is 5.73 Å². The molecule has 5 heteroatoms. The van der Waals surface area contributed by atoms with Gasteiger partial charge in [-0.1, -0.05) is 6.92 Å². The molecule has 0 aliphatic rings. The molecule has 0 radical (unpaired) electrons. The molecule has 0 saturated heterocycles. The number of nitriles is 1. The first kappa shape index (κ1) is 14.4. The monoisotopic (exact) mass is 254 g/mol. The van der Waals surface area contributed by atoms with Crippen LogP contribution in [0.5, 0.6) is 5.75 Å². The van der Waals surface area contributed by atoms with Crippen LogP contribution in [0.3, 0.4) is 0 Å². The second kappa shape index (κ2) is 6.31. The third-order valence-electron chi connectivity index (χ3n) is 2.56. The van der Waals surface area contributed by atoms with Gasteiger partial charge in [0.1, 0.15) is 6.07 Å². The number of nitrogens with zero attached hydrogens (tertiary/aromatic N) is 1. The van der Waals surface area contributed by atoms with Crippen LogP contribution < -0.4 is 10.5 Å². The number of halogens is 2. The molecule has 1 aromatic carbocycles. The molecule has 0 fully saturated rings. The number of benzene rings is 1. The van der Waals surface area contributed by atoms with E-state index in [-0.39, 0.29) is 6.04 Å². The predicted molar refractivity (Wildman–Crippen MR) is 64.0 cm³/mol. The Morgan fingerprint density at radius 2 is 1.94 bits per heavy atom. The van der Waals surface area contributed by atoms with E-state index in [2.05, 4.69) is 0 Å². The summed E-state index contributed by atoms with van der Waals surface area (Å²) in [5.41, 5.74) is 6.21. The second-order valence-corrected chi connectivity index (χ2v) is 4.15. The lowest BCUT2D eigenvalue weighted by Crippen LogP contribution is -2.21. The minimum absolute atomic E-state index is 0.131. The topological polar surface area (TPSA) is 59.0 Å². The van der Waals surface area contributed by atoms with E-state index < -0.39 is 23.5 Å². The van der Waals surface area contributed by atoms with Gasteiger partial charge in [-0.25, -0.2) is 8.78 Å². The highest BCUT2D eigenvalue weighted by Gasteiger charge is 2.16. The fourth-order valence-electron chi connectivity index (χ4n) is 1.49.